The van der Waals surface area contributed by atoms with Crippen molar-refractivity contribution in [3.63, 3.8) is 0 Å². The molecule has 5 heteroatoms. The maximum absolute atomic E-state index is 5.29. The normalized spacial score (nSPS) is 12.2. The molecule has 1 aromatic carbocycles. The summed E-state index contributed by atoms with van der Waals surface area (Å²) < 4.78 is 6.37. The average molecular weight is 336 g/mol. The molecule has 2 aromatic rings. The van der Waals surface area contributed by atoms with E-state index in [1.807, 2.05) is 24.5 Å². The quantitative estimate of drug-likeness (QED) is 0.880. The van der Waals surface area contributed by atoms with E-state index in [9.17, 15) is 0 Å². The summed E-state index contributed by atoms with van der Waals surface area (Å²) in [4.78, 5) is 8.20. The molecule has 0 aliphatic heterocycles. The van der Waals surface area contributed by atoms with Crippen LogP contribution < -0.4 is 10.1 Å². The lowest BCUT2D eigenvalue weighted by Crippen LogP contribution is -2.23. The first-order chi connectivity index (χ1) is 9.74. The van der Waals surface area contributed by atoms with Crippen molar-refractivity contribution in [1.29, 1.82) is 0 Å². The van der Waals surface area contributed by atoms with Crippen LogP contribution in [-0.4, -0.2) is 23.6 Å². The summed E-state index contributed by atoms with van der Waals surface area (Å²) >= 11 is 3.60. The lowest BCUT2D eigenvalue weighted by Gasteiger charge is -2.19. The highest BCUT2D eigenvalue weighted by atomic mass is 79.9. The third-order valence-corrected chi connectivity index (χ3v) is 3.88. The predicted octanol–water partition coefficient (Wildman–Crippen LogP) is 3.14. The number of ether oxygens (including phenoxy) is 1. The Bertz CT molecular complexity index is 548. The molecule has 0 aliphatic carbocycles. The molecule has 0 radical (unpaired) electrons. The number of nitrogens with one attached hydrogen (secondary N) is 1. The molecule has 0 spiro atoms. The van der Waals surface area contributed by atoms with Gasteiger partial charge in [-0.25, -0.2) is 9.97 Å². The summed E-state index contributed by atoms with van der Waals surface area (Å²) in [5.41, 5.74) is 2.28. The minimum absolute atomic E-state index is 0.185. The zero-order chi connectivity index (χ0) is 14.4. The first-order valence-electron chi connectivity index (χ1n) is 6.55. The van der Waals surface area contributed by atoms with E-state index in [2.05, 4.69) is 44.2 Å². The molecule has 2 rings (SSSR count). The van der Waals surface area contributed by atoms with Gasteiger partial charge < -0.3 is 10.1 Å². The largest absolute Gasteiger partial charge is 0.497 e. The van der Waals surface area contributed by atoms with Crippen molar-refractivity contribution in [2.45, 2.75) is 19.4 Å². The molecule has 0 aliphatic rings. The van der Waals surface area contributed by atoms with Gasteiger partial charge in [-0.3, -0.25) is 0 Å². The summed E-state index contributed by atoms with van der Waals surface area (Å²) in [6, 6.07) is 6.20. The number of aromatic nitrogens is 2. The van der Waals surface area contributed by atoms with Gasteiger partial charge in [-0.2, -0.15) is 0 Å². The van der Waals surface area contributed by atoms with Crippen LogP contribution in [-0.2, 0) is 6.42 Å². The Labute approximate surface area is 127 Å². The molecule has 1 heterocycles. The summed E-state index contributed by atoms with van der Waals surface area (Å²) in [5.74, 6) is 0.864. The Morgan fingerprint density at radius 2 is 2.05 bits per heavy atom. The summed E-state index contributed by atoms with van der Waals surface area (Å²) in [6.45, 7) is 2.98. The van der Waals surface area contributed by atoms with Gasteiger partial charge in [-0.15, -0.1) is 0 Å². The Kier molecular flexibility index (Phi) is 5.49. The van der Waals surface area contributed by atoms with Crippen LogP contribution in [0.15, 0.2) is 41.4 Å². The van der Waals surface area contributed by atoms with E-state index >= 15 is 0 Å². The zero-order valence-corrected chi connectivity index (χ0v) is 13.2. The van der Waals surface area contributed by atoms with Crippen LogP contribution >= 0.6 is 15.9 Å². The second-order valence-electron chi connectivity index (χ2n) is 4.44. The van der Waals surface area contributed by atoms with Crippen LogP contribution in [0.3, 0.4) is 0 Å². The SMILES string of the molecule is CCNC(Cc1cc(OC)ccc1Br)c1cncnc1. The predicted molar refractivity (Wildman–Crippen MR) is 82.8 cm³/mol. The van der Waals surface area contributed by atoms with Crippen molar-refractivity contribution in [2.75, 3.05) is 13.7 Å². The number of hydrogen-bond donors (Lipinski definition) is 1. The average Bonchev–Trinajstić information content (AvgIpc) is 2.49. The molecule has 1 atom stereocenters. The third kappa shape index (κ3) is 3.77. The fraction of sp³-hybridized carbons (Fsp3) is 0.333. The van der Waals surface area contributed by atoms with E-state index in [1.54, 1.807) is 13.4 Å². The number of benzene rings is 1. The van der Waals surface area contributed by atoms with Crippen molar-refractivity contribution in [1.82, 2.24) is 15.3 Å². The fourth-order valence-corrected chi connectivity index (χ4v) is 2.51. The van der Waals surface area contributed by atoms with Crippen LogP contribution in [0, 0.1) is 0 Å². The van der Waals surface area contributed by atoms with E-state index in [4.69, 9.17) is 4.74 Å². The molecule has 1 N–H and O–H groups in total. The van der Waals surface area contributed by atoms with E-state index in [0.29, 0.717) is 0 Å². The molecule has 0 amide bonds. The highest BCUT2D eigenvalue weighted by molar-refractivity contribution is 9.10. The first-order valence-corrected chi connectivity index (χ1v) is 7.34. The topological polar surface area (TPSA) is 47.0 Å². The van der Waals surface area contributed by atoms with Crippen LogP contribution in [0.4, 0.5) is 0 Å². The van der Waals surface area contributed by atoms with Gasteiger partial charge in [0, 0.05) is 28.5 Å². The molecule has 20 heavy (non-hydrogen) atoms. The molecular formula is C15H18BrN3O. The van der Waals surface area contributed by atoms with Crippen molar-refractivity contribution in [3.8, 4) is 5.75 Å². The molecule has 1 aromatic heterocycles. The van der Waals surface area contributed by atoms with Crippen LogP contribution in [0.1, 0.15) is 24.1 Å². The number of nitrogens with zero attached hydrogens (tertiary/aromatic N) is 2. The highest BCUT2D eigenvalue weighted by Crippen LogP contribution is 2.27. The second-order valence-corrected chi connectivity index (χ2v) is 5.30. The maximum Gasteiger partial charge on any atom is 0.119 e. The Balaban J connectivity index is 2.24. The number of rotatable bonds is 6. The number of methoxy groups -OCH3 is 1. The molecule has 4 nitrogen and oxygen atoms in total. The minimum Gasteiger partial charge on any atom is -0.497 e. The van der Waals surface area contributed by atoms with E-state index in [0.717, 1.165) is 28.8 Å². The molecule has 0 saturated heterocycles. The first kappa shape index (κ1) is 14.9. The zero-order valence-electron chi connectivity index (χ0n) is 11.6. The van der Waals surface area contributed by atoms with Crippen LogP contribution in [0.25, 0.3) is 0 Å². The molecule has 0 bridgehead atoms. The van der Waals surface area contributed by atoms with Crippen molar-refractivity contribution < 1.29 is 4.74 Å². The molecular weight excluding hydrogens is 318 g/mol. The lowest BCUT2D eigenvalue weighted by atomic mass is 10.0. The molecule has 106 valence electrons. The Morgan fingerprint density at radius 1 is 1.30 bits per heavy atom. The molecule has 0 saturated carbocycles. The van der Waals surface area contributed by atoms with Crippen LogP contribution in [0.5, 0.6) is 5.75 Å². The molecule has 1 unspecified atom stereocenters. The van der Waals surface area contributed by atoms with Crippen molar-refractivity contribution in [3.05, 3.63) is 52.5 Å². The van der Waals surface area contributed by atoms with Gasteiger partial charge >= 0.3 is 0 Å². The maximum atomic E-state index is 5.29. The lowest BCUT2D eigenvalue weighted by molar-refractivity contribution is 0.413. The van der Waals surface area contributed by atoms with Gasteiger partial charge in [0.05, 0.1) is 7.11 Å². The smallest absolute Gasteiger partial charge is 0.119 e. The summed E-state index contributed by atoms with van der Waals surface area (Å²) in [7, 11) is 1.68. The van der Waals surface area contributed by atoms with E-state index in [1.165, 1.54) is 5.56 Å². The van der Waals surface area contributed by atoms with Crippen molar-refractivity contribution in [2.24, 2.45) is 0 Å². The molecule has 0 fully saturated rings. The third-order valence-electron chi connectivity index (χ3n) is 3.11. The van der Waals surface area contributed by atoms with Gasteiger partial charge in [0.2, 0.25) is 0 Å². The number of likely N-dealkylation sites (N-methyl/N-ethyl adjacent to an activating group) is 1. The minimum atomic E-state index is 0.185. The standard InChI is InChI=1S/C15H18BrN3O/c1-3-19-15(12-8-17-10-18-9-12)7-11-6-13(20-2)4-5-14(11)16/h4-6,8-10,15,19H,3,7H2,1-2H3. The van der Waals surface area contributed by atoms with Crippen molar-refractivity contribution >= 4 is 15.9 Å². The van der Waals surface area contributed by atoms with E-state index in [-0.39, 0.29) is 6.04 Å². The van der Waals surface area contributed by atoms with Gasteiger partial charge in [0.25, 0.3) is 0 Å². The summed E-state index contributed by atoms with van der Waals surface area (Å²) in [5, 5.41) is 3.47. The fourth-order valence-electron chi connectivity index (χ4n) is 2.10. The van der Waals surface area contributed by atoms with Gasteiger partial charge in [-0.1, -0.05) is 22.9 Å². The van der Waals surface area contributed by atoms with E-state index < -0.39 is 0 Å². The van der Waals surface area contributed by atoms with Gasteiger partial charge in [0.15, 0.2) is 0 Å². The van der Waals surface area contributed by atoms with Gasteiger partial charge in [0.1, 0.15) is 12.1 Å². The van der Waals surface area contributed by atoms with Gasteiger partial charge in [-0.05, 0) is 36.7 Å². The number of hydrogen-bond acceptors (Lipinski definition) is 4. The summed E-state index contributed by atoms with van der Waals surface area (Å²) in [6.07, 6.45) is 6.11. The highest BCUT2D eigenvalue weighted by Gasteiger charge is 2.14. The number of halogens is 1. The second kappa shape index (κ2) is 7.36. The Hall–Kier alpha value is -1.46. The monoisotopic (exact) mass is 335 g/mol. The van der Waals surface area contributed by atoms with Crippen LogP contribution in [0.2, 0.25) is 0 Å². The Morgan fingerprint density at radius 3 is 2.70 bits per heavy atom.